The van der Waals surface area contributed by atoms with E-state index in [1.807, 2.05) is 0 Å². The Bertz CT molecular complexity index is 627. The number of hydrogen-bond donors (Lipinski definition) is 2. The third kappa shape index (κ3) is 3.64. The van der Waals surface area contributed by atoms with Crippen LogP contribution in [0.3, 0.4) is 0 Å². The van der Waals surface area contributed by atoms with E-state index in [9.17, 15) is 9.50 Å². The van der Waals surface area contributed by atoms with E-state index in [-0.39, 0.29) is 29.8 Å². The van der Waals surface area contributed by atoms with E-state index in [1.165, 1.54) is 25.0 Å². The standard InChI is InChI=1S/C18H24FN3O2.HI/c1-20-18(21-8-15(23)11-3-2-4-12(19)7-11)22-9-13-14(10-22)17-6-5-16(13)24-17;/h2-4,7,13-17,23H,5-6,8-10H2,1H3,(H,20,21);1H. The summed E-state index contributed by atoms with van der Waals surface area (Å²) in [4.78, 5) is 6.62. The van der Waals surface area contributed by atoms with Crippen molar-refractivity contribution in [2.45, 2.75) is 31.2 Å². The fraction of sp³-hybridized carbons (Fsp3) is 0.611. The summed E-state index contributed by atoms with van der Waals surface area (Å²) in [5.41, 5.74) is 0.572. The molecule has 3 aliphatic rings. The number of nitrogens with zero attached hydrogens (tertiary/aromatic N) is 2. The highest BCUT2D eigenvalue weighted by molar-refractivity contribution is 14.0. The SMILES string of the molecule is CN=C(NCC(O)c1cccc(F)c1)N1CC2C3CCC(O3)C2C1.I. The van der Waals surface area contributed by atoms with Gasteiger partial charge in [-0.05, 0) is 30.5 Å². The molecule has 4 rings (SSSR count). The maximum absolute atomic E-state index is 13.3. The Morgan fingerprint density at radius 3 is 2.64 bits per heavy atom. The summed E-state index contributed by atoms with van der Waals surface area (Å²) < 4.78 is 19.3. The summed E-state index contributed by atoms with van der Waals surface area (Å²) in [6, 6.07) is 6.08. The van der Waals surface area contributed by atoms with Crippen LogP contribution in [-0.2, 0) is 4.74 Å². The second-order valence-electron chi connectivity index (χ2n) is 7.02. The molecule has 5 nitrogen and oxygen atoms in total. The second kappa shape index (κ2) is 7.75. The van der Waals surface area contributed by atoms with Crippen molar-refractivity contribution < 1.29 is 14.2 Å². The van der Waals surface area contributed by atoms with Gasteiger partial charge in [0.1, 0.15) is 5.82 Å². The highest BCUT2D eigenvalue weighted by Crippen LogP contribution is 2.47. The van der Waals surface area contributed by atoms with Crippen LogP contribution in [-0.4, -0.2) is 54.9 Å². The lowest BCUT2D eigenvalue weighted by Crippen LogP contribution is -2.42. The number of guanidine groups is 1. The fourth-order valence-electron chi connectivity index (χ4n) is 4.48. The molecular formula is C18H25FIN3O2. The molecule has 0 saturated carbocycles. The largest absolute Gasteiger partial charge is 0.387 e. The zero-order valence-electron chi connectivity index (χ0n) is 14.3. The molecule has 3 saturated heterocycles. The van der Waals surface area contributed by atoms with Crippen LogP contribution in [0.4, 0.5) is 4.39 Å². The van der Waals surface area contributed by atoms with Gasteiger partial charge in [-0.3, -0.25) is 4.99 Å². The van der Waals surface area contributed by atoms with E-state index in [4.69, 9.17) is 4.74 Å². The molecule has 0 radical (unpaired) electrons. The van der Waals surface area contributed by atoms with E-state index < -0.39 is 6.10 Å². The van der Waals surface area contributed by atoms with Gasteiger partial charge in [0.25, 0.3) is 0 Å². The Kier molecular flexibility index (Phi) is 5.85. The molecule has 2 N–H and O–H groups in total. The van der Waals surface area contributed by atoms with Gasteiger partial charge in [0.2, 0.25) is 0 Å². The quantitative estimate of drug-likeness (QED) is 0.412. The number of hydrogen-bond acceptors (Lipinski definition) is 3. The van der Waals surface area contributed by atoms with Crippen molar-refractivity contribution in [1.82, 2.24) is 10.2 Å². The van der Waals surface area contributed by atoms with E-state index in [0.29, 0.717) is 36.2 Å². The van der Waals surface area contributed by atoms with Crippen LogP contribution >= 0.6 is 24.0 Å². The van der Waals surface area contributed by atoms with Crippen molar-refractivity contribution in [3.63, 3.8) is 0 Å². The highest BCUT2D eigenvalue weighted by Gasteiger charge is 2.53. The third-order valence-electron chi connectivity index (χ3n) is 5.65. The van der Waals surface area contributed by atoms with Gasteiger partial charge in [-0.2, -0.15) is 0 Å². The Labute approximate surface area is 164 Å². The summed E-state index contributed by atoms with van der Waals surface area (Å²) >= 11 is 0. The van der Waals surface area contributed by atoms with Crippen LogP contribution in [0.2, 0.25) is 0 Å². The summed E-state index contributed by atoms with van der Waals surface area (Å²) in [5, 5.41) is 13.5. The average molecular weight is 461 g/mol. The van der Waals surface area contributed by atoms with Gasteiger partial charge < -0.3 is 20.1 Å². The normalized spacial score (nSPS) is 31.6. The number of likely N-dealkylation sites (tertiary alicyclic amines) is 1. The Morgan fingerprint density at radius 2 is 2.04 bits per heavy atom. The minimum absolute atomic E-state index is 0. The van der Waals surface area contributed by atoms with E-state index in [2.05, 4.69) is 15.2 Å². The molecule has 138 valence electrons. The first kappa shape index (κ1) is 18.8. The lowest BCUT2D eigenvalue weighted by molar-refractivity contribution is 0.0766. The van der Waals surface area contributed by atoms with Crippen LogP contribution in [0.15, 0.2) is 29.3 Å². The topological polar surface area (TPSA) is 57.1 Å². The van der Waals surface area contributed by atoms with Gasteiger partial charge in [0.15, 0.2) is 5.96 Å². The summed E-state index contributed by atoms with van der Waals surface area (Å²) in [6.07, 6.45) is 2.44. The minimum atomic E-state index is -0.765. The lowest BCUT2D eigenvalue weighted by Gasteiger charge is -2.24. The highest BCUT2D eigenvalue weighted by atomic mass is 127. The first-order chi connectivity index (χ1) is 11.7. The predicted octanol–water partition coefficient (Wildman–Crippen LogP) is 2.16. The fourth-order valence-corrected chi connectivity index (χ4v) is 4.48. The number of halogens is 2. The molecule has 5 atom stereocenters. The van der Waals surface area contributed by atoms with Crippen LogP contribution < -0.4 is 5.32 Å². The number of aliphatic imine (C=N–C) groups is 1. The molecule has 3 fully saturated rings. The van der Waals surface area contributed by atoms with Crippen LogP contribution in [0.1, 0.15) is 24.5 Å². The van der Waals surface area contributed by atoms with Crippen molar-refractivity contribution in [2.75, 3.05) is 26.7 Å². The van der Waals surface area contributed by atoms with Crippen LogP contribution in [0.5, 0.6) is 0 Å². The number of rotatable bonds is 3. The molecule has 1 aromatic carbocycles. The monoisotopic (exact) mass is 461 g/mol. The third-order valence-corrected chi connectivity index (χ3v) is 5.65. The number of fused-ring (bicyclic) bond motifs is 5. The van der Waals surface area contributed by atoms with E-state index in [0.717, 1.165) is 19.0 Å². The molecule has 0 amide bonds. The van der Waals surface area contributed by atoms with Gasteiger partial charge in [-0.1, -0.05) is 12.1 Å². The number of nitrogens with one attached hydrogen (secondary N) is 1. The predicted molar refractivity (Wildman–Crippen MR) is 105 cm³/mol. The molecule has 2 bridgehead atoms. The molecular weight excluding hydrogens is 436 g/mol. The molecule has 3 heterocycles. The van der Waals surface area contributed by atoms with Crippen molar-refractivity contribution in [3.8, 4) is 0 Å². The molecule has 5 unspecified atom stereocenters. The summed E-state index contributed by atoms with van der Waals surface area (Å²) in [5.74, 6) is 1.68. The van der Waals surface area contributed by atoms with Gasteiger partial charge >= 0.3 is 0 Å². The average Bonchev–Trinajstić information content (AvgIpc) is 3.28. The van der Waals surface area contributed by atoms with Crippen molar-refractivity contribution in [2.24, 2.45) is 16.8 Å². The molecule has 7 heteroatoms. The first-order valence-electron chi connectivity index (χ1n) is 8.70. The number of aliphatic hydroxyl groups excluding tert-OH is 1. The van der Waals surface area contributed by atoms with E-state index >= 15 is 0 Å². The van der Waals surface area contributed by atoms with Crippen molar-refractivity contribution in [3.05, 3.63) is 35.6 Å². The van der Waals surface area contributed by atoms with Crippen LogP contribution in [0.25, 0.3) is 0 Å². The van der Waals surface area contributed by atoms with Gasteiger partial charge in [0, 0.05) is 38.5 Å². The van der Waals surface area contributed by atoms with Gasteiger partial charge in [-0.25, -0.2) is 4.39 Å². The zero-order chi connectivity index (χ0) is 16.7. The minimum Gasteiger partial charge on any atom is -0.387 e. The first-order valence-corrected chi connectivity index (χ1v) is 8.70. The van der Waals surface area contributed by atoms with Crippen molar-refractivity contribution in [1.29, 1.82) is 0 Å². The van der Waals surface area contributed by atoms with Crippen molar-refractivity contribution >= 4 is 29.9 Å². The molecule has 3 aliphatic heterocycles. The van der Waals surface area contributed by atoms with Gasteiger partial charge in [0.05, 0.1) is 18.3 Å². The smallest absolute Gasteiger partial charge is 0.193 e. The number of aliphatic hydroxyl groups is 1. The Balaban J connectivity index is 0.00000182. The number of ether oxygens (including phenoxy) is 1. The number of benzene rings is 1. The van der Waals surface area contributed by atoms with Gasteiger partial charge in [-0.15, -0.1) is 24.0 Å². The second-order valence-corrected chi connectivity index (χ2v) is 7.02. The maximum atomic E-state index is 13.3. The Morgan fingerprint density at radius 1 is 1.36 bits per heavy atom. The molecule has 0 aromatic heterocycles. The molecule has 0 spiro atoms. The zero-order valence-corrected chi connectivity index (χ0v) is 16.6. The molecule has 1 aromatic rings. The lowest BCUT2D eigenvalue weighted by atomic mass is 9.82. The summed E-state index contributed by atoms with van der Waals surface area (Å²) in [7, 11) is 1.76. The van der Waals surface area contributed by atoms with E-state index in [1.54, 1.807) is 19.2 Å². The molecule has 0 aliphatic carbocycles. The maximum Gasteiger partial charge on any atom is 0.193 e. The van der Waals surface area contributed by atoms with Crippen LogP contribution in [0, 0.1) is 17.7 Å². The Hall–Kier alpha value is -0.930. The summed E-state index contributed by atoms with van der Waals surface area (Å²) in [6.45, 7) is 2.23. The molecule has 25 heavy (non-hydrogen) atoms.